The monoisotopic (exact) mass is 326 g/mol. The van der Waals surface area contributed by atoms with Crippen molar-refractivity contribution in [2.45, 2.75) is 6.54 Å². The Balaban J connectivity index is 2.09. The third-order valence-corrected chi connectivity index (χ3v) is 4.07. The molecule has 0 aromatic carbocycles. The first kappa shape index (κ1) is 13.0. The lowest BCUT2D eigenvalue weighted by molar-refractivity contribution is 0.0786. The summed E-state index contributed by atoms with van der Waals surface area (Å²) in [5.74, 6) is -0.115. The van der Waals surface area contributed by atoms with Crippen molar-refractivity contribution in [3.8, 4) is 0 Å². The van der Waals surface area contributed by atoms with E-state index in [0.717, 1.165) is 9.35 Å². The van der Waals surface area contributed by atoms with Crippen LogP contribution >= 0.6 is 27.3 Å². The van der Waals surface area contributed by atoms with E-state index >= 15 is 0 Å². The number of H-pyrrole nitrogens is 1. The molecular weight excluding hydrogens is 316 g/mol. The van der Waals surface area contributed by atoms with Crippen LogP contribution in [0.2, 0.25) is 0 Å². The van der Waals surface area contributed by atoms with Crippen LogP contribution in [0, 0.1) is 0 Å². The molecule has 0 radical (unpaired) electrons. The molecule has 0 bridgehead atoms. The van der Waals surface area contributed by atoms with Gasteiger partial charge in [-0.25, -0.2) is 0 Å². The quantitative estimate of drug-likeness (QED) is 0.942. The van der Waals surface area contributed by atoms with E-state index in [-0.39, 0.29) is 11.5 Å². The molecule has 2 heterocycles. The number of carbonyl (C=O) groups excluding carboxylic acids is 1. The SMILES string of the molecule is CN(Cc1cc(Br)cs1)C(=O)c1ccc(=O)[nH]c1. The van der Waals surface area contributed by atoms with Gasteiger partial charge in [0.1, 0.15) is 0 Å². The smallest absolute Gasteiger partial charge is 0.255 e. The molecule has 0 aliphatic carbocycles. The molecule has 6 heteroatoms. The van der Waals surface area contributed by atoms with Gasteiger partial charge in [0.05, 0.1) is 12.1 Å². The first-order valence-electron chi connectivity index (χ1n) is 5.23. The average molecular weight is 327 g/mol. The number of nitrogens with zero attached hydrogens (tertiary/aromatic N) is 1. The normalized spacial score (nSPS) is 10.3. The van der Waals surface area contributed by atoms with Crippen molar-refractivity contribution in [2.24, 2.45) is 0 Å². The molecule has 0 saturated heterocycles. The molecule has 2 rings (SSSR count). The van der Waals surface area contributed by atoms with Crippen molar-refractivity contribution in [2.75, 3.05) is 7.05 Å². The van der Waals surface area contributed by atoms with E-state index in [4.69, 9.17) is 0 Å². The number of thiophene rings is 1. The van der Waals surface area contributed by atoms with Gasteiger partial charge >= 0.3 is 0 Å². The maximum atomic E-state index is 12.1. The van der Waals surface area contributed by atoms with Gasteiger partial charge in [0.25, 0.3) is 5.91 Å². The molecule has 94 valence electrons. The van der Waals surface area contributed by atoms with Crippen molar-refractivity contribution >= 4 is 33.2 Å². The maximum Gasteiger partial charge on any atom is 0.255 e. The molecule has 2 aromatic rings. The van der Waals surface area contributed by atoms with Gasteiger partial charge in [-0.05, 0) is 28.1 Å². The predicted octanol–water partition coefficient (Wildman–Crippen LogP) is 2.47. The van der Waals surface area contributed by atoms with E-state index in [1.165, 1.54) is 18.3 Å². The van der Waals surface area contributed by atoms with Gasteiger partial charge < -0.3 is 9.88 Å². The van der Waals surface area contributed by atoms with Gasteiger partial charge in [-0.3, -0.25) is 9.59 Å². The second-order valence-electron chi connectivity index (χ2n) is 3.83. The molecule has 0 aliphatic heterocycles. The van der Waals surface area contributed by atoms with Gasteiger partial charge in [0.15, 0.2) is 0 Å². The number of hydrogen-bond donors (Lipinski definition) is 1. The Labute approximate surface area is 116 Å². The van der Waals surface area contributed by atoms with Crippen molar-refractivity contribution in [3.05, 3.63) is 55.0 Å². The molecule has 18 heavy (non-hydrogen) atoms. The summed E-state index contributed by atoms with van der Waals surface area (Å²) in [4.78, 5) is 28.2. The molecule has 0 fully saturated rings. The molecule has 1 N–H and O–H groups in total. The molecule has 1 amide bonds. The Bertz CT molecular complexity index is 600. The summed E-state index contributed by atoms with van der Waals surface area (Å²) in [5, 5.41) is 1.98. The van der Waals surface area contributed by atoms with Gasteiger partial charge in [0.2, 0.25) is 5.56 Å². The molecule has 0 spiro atoms. The number of halogens is 1. The maximum absolute atomic E-state index is 12.1. The first-order valence-corrected chi connectivity index (χ1v) is 6.90. The minimum absolute atomic E-state index is 0.115. The van der Waals surface area contributed by atoms with Crippen LogP contribution in [0.25, 0.3) is 0 Å². The molecule has 0 saturated carbocycles. The summed E-state index contributed by atoms with van der Waals surface area (Å²) in [7, 11) is 1.74. The zero-order valence-corrected chi connectivity index (χ0v) is 12.0. The van der Waals surface area contributed by atoms with Crippen molar-refractivity contribution in [1.82, 2.24) is 9.88 Å². The highest BCUT2D eigenvalue weighted by Gasteiger charge is 2.12. The number of aromatic amines is 1. The fourth-order valence-electron chi connectivity index (χ4n) is 1.51. The van der Waals surface area contributed by atoms with E-state index < -0.39 is 0 Å². The van der Waals surface area contributed by atoms with Crippen LogP contribution in [-0.4, -0.2) is 22.8 Å². The van der Waals surface area contributed by atoms with E-state index in [9.17, 15) is 9.59 Å². The third-order valence-electron chi connectivity index (χ3n) is 2.39. The fourth-order valence-corrected chi connectivity index (χ4v) is 3.01. The highest BCUT2D eigenvalue weighted by Crippen LogP contribution is 2.21. The van der Waals surface area contributed by atoms with Gasteiger partial charge in [-0.15, -0.1) is 11.3 Å². The summed E-state index contributed by atoms with van der Waals surface area (Å²) in [6, 6.07) is 4.87. The molecule has 0 aliphatic rings. The summed E-state index contributed by atoms with van der Waals surface area (Å²) in [5.41, 5.74) is 0.268. The number of amides is 1. The van der Waals surface area contributed by atoms with E-state index in [0.29, 0.717) is 12.1 Å². The fraction of sp³-hybridized carbons (Fsp3) is 0.167. The van der Waals surface area contributed by atoms with Gasteiger partial charge in [0, 0.05) is 34.0 Å². The number of rotatable bonds is 3. The molecule has 4 nitrogen and oxygen atoms in total. The highest BCUT2D eigenvalue weighted by molar-refractivity contribution is 9.10. The van der Waals surface area contributed by atoms with Crippen LogP contribution in [0.15, 0.2) is 39.0 Å². The molecular formula is C12H11BrN2O2S. The third kappa shape index (κ3) is 3.08. The summed E-state index contributed by atoms with van der Waals surface area (Å²) < 4.78 is 1.02. The van der Waals surface area contributed by atoms with Crippen LogP contribution in [-0.2, 0) is 6.54 Å². The minimum atomic E-state index is -0.212. The lowest BCUT2D eigenvalue weighted by Crippen LogP contribution is -2.26. The Hall–Kier alpha value is -1.40. The second-order valence-corrected chi connectivity index (χ2v) is 5.75. The minimum Gasteiger partial charge on any atom is -0.337 e. The Morgan fingerprint density at radius 3 is 2.83 bits per heavy atom. The number of pyridine rings is 1. The lowest BCUT2D eigenvalue weighted by Gasteiger charge is -2.15. The standard InChI is InChI=1S/C12H11BrN2O2S/c1-15(6-10-4-9(13)7-18-10)12(17)8-2-3-11(16)14-5-8/h2-5,7H,6H2,1H3,(H,14,16). The largest absolute Gasteiger partial charge is 0.337 e. The summed E-state index contributed by atoms with van der Waals surface area (Å²) in [6.07, 6.45) is 1.44. The van der Waals surface area contributed by atoms with Gasteiger partial charge in [-0.1, -0.05) is 0 Å². The topological polar surface area (TPSA) is 53.2 Å². The first-order chi connectivity index (χ1) is 8.56. The zero-order chi connectivity index (χ0) is 13.1. The lowest BCUT2D eigenvalue weighted by atomic mass is 10.2. The number of aromatic nitrogens is 1. The van der Waals surface area contributed by atoms with Crippen LogP contribution in [0.5, 0.6) is 0 Å². The summed E-state index contributed by atoms with van der Waals surface area (Å²) in [6.45, 7) is 0.550. The summed E-state index contributed by atoms with van der Waals surface area (Å²) >= 11 is 4.97. The van der Waals surface area contributed by atoms with Crippen LogP contribution in [0.3, 0.4) is 0 Å². The Morgan fingerprint density at radius 1 is 1.50 bits per heavy atom. The van der Waals surface area contributed by atoms with E-state index in [1.807, 2.05) is 11.4 Å². The Kier molecular flexibility index (Phi) is 3.98. The number of carbonyl (C=O) groups is 1. The average Bonchev–Trinajstić information content (AvgIpc) is 2.75. The highest BCUT2D eigenvalue weighted by atomic mass is 79.9. The molecule has 0 atom stereocenters. The zero-order valence-electron chi connectivity index (χ0n) is 9.64. The van der Waals surface area contributed by atoms with Crippen molar-refractivity contribution in [3.63, 3.8) is 0 Å². The van der Waals surface area contributed by atoms with E-state index in [1.54, 1.807) is 23.3 Å². The second kappa shape index (κ2) is 5.49. The van der Waals surface area contributed by atoms with Crippen molar-refractivity contribution < 1.29 is 4.79 Å². The molecule has 2 aromatic heterocycles. The number of hydrogen-bond acceptors (Lipinski definition) is 3. The van der Waals surface area contributed by atoms with Gasteiger partial charge in [-0.2, -0.15) is 0 Å². The van der Waals surface area contributed by atoms with Crippen LogP contribution in [0.1, 0.15) is 15.2 Å². The van der Waals surface area contributed by atoms with Crippen LogP contribution < -0.4 is 5.56 Å². The van der Waals surface area contributed by atoms with Crippen molar-refractivity contribution in [1.29, 1.82) is 0 Å². The van der Waals surface area contributed by atoms with E-state index in [2.05, 4.69) is 20.9 Å². The predicted molar refractivity (Wildman–Crippen MR) is 74.9 cm³/mol. The Morgan fingerprint density at radius 2 is 2.28 bits per heavy atom. The molecule has 0 unspecified atom stereocenters. The number of nitrogens with one attached hydrogen (secondary N) is 1. The van der Waals surface area contributed by atoms with Crippen LogP contribution in [0.4, 0.5) is 0 Å².